The van der Waals surface area contributed by atoms with Crippen LogP contribution in [0.4, 0.5) is 0 Å². The zero-order chi connectivity index (χ0) is 31.1. The Balaban J connectivity index is 3.85. The fraction of sp³-hybridized carbons (Fsp3) is 0.667. The van der Waals surface area contributed by atoms with E-state index < -0.39 is 18.2 Å². The van der Waals surface area contributed by atoms with Crippen LogP contribution in [-0.2, 0) is 19.1 Å². The van der Waals surface area contributed by atoms with Crippen molar-refractivity contribution in [2.45, 2.75) is 136 Å². The molecule has 0 saturated heterocycles. The number of rotatable bonds is 27. The summed E-state index contributed by atoms with van der Waals surface area (Å²) in [6, 6.07) is 0. The third-order valence-electron chi connectivity index (χ3n) is 6.95. The standard InChI is InChI=1S/C36H60O6/c1-4-6-7-8-16-21-26-33(38)27-22-17-11-9-10-12-19-24-29-36(40)42-34(30-37)31-41-35(39)28-23-18-14-13-15-20-25-32(3)5-2/h6-7,10-12,16-17,21-22,27,32-34,37-38H,4-5,8-9,13-15,18-20,23-26,28-31H2,1-3H3/b7-6-,12-10-,17-11-,21-16-,27-22+/t32?,33?,34-/m0/s1. The molecule has 0 saturated carbocycles. The lowest BCUT2D eigenvalue weighted by molar-refractivity contribution is -0.161. The van der Waals surface area contributed by atoms with Gasteiger partial charge in [-0.25, -0.2) is 0 Å². The topological polar surface area (TPSA) is 93.1 Å². The molecular weight excluding hydrogens is 528 g/mol. The predicted molar refractivity (Wildman–Crippen MR) is 174 cm³/mol. The van der Waals surface area contributed by atoms with E-state index in [1.807, 2.05) is 36.5 Å². The van der Waals surface area contributed by atoms with Gasteiger partial charge in [0.05, 0.1) is 12.7 Å². The third-order valence-corrected chi connectivity index (χ3v) is 6.95. The van der Waals surface area contributed by atoms with Crippen LogP contribution in [-0.4, -0.2) is 47.6 Å². The van der Waals surface area contributed by atoms with E-state index in [0.717, 1.165) is 50.9 Å². The van der Waals surface area contributed by atoms with Gasteiger partial charge in [-0.3, -0.25) is 9.59 Å². The molecule has 0 aliphatic carbocycles. The molecule has 0 heterocycles. The van der Waals surface area contributed by atoms with Gasteiger partial charge in [0.1, 0.15) is 6.61 Å². The number of hydrogen-bond donors (Lipinski definition) is 2. The van der Waals surface area contributed by atoms with Crippen molar-refractivity contribution >= 4 is 11.9 Å². The Labute approximate surface area is 256 Å². The minimum Gasteiger partial charge on any atom is -0.462 e. The van der Waals surface area contributed by atoms with Crippen molar-refractivity contribution < 1.29 is 29.3 Å². The number of hydrogen-bond acceptors (Lipinski definition) is 6. The Bertz CT molecular complexity index is 795. The maximum atomic E-state index is 12.1. The monoisotopic (exact) mass is 588 g/mol. The maximum absolute atomic E-state index is 12.1. The highest BCUT2D eigenvalue weighted by atomic mass is 16.6. The van der Waals surface area contributed by atoms with E-state index in [1.54, 1.807) is 6.08 Å². The van der Waals surface area contributed by atoms with Gasteiger partial charge < -0.3 is 19.7 Å². The molecule has 6 heteroatoms. The molecule has 0 aromatic carbocycles. The van der Waals surface area contributed by atoms with Gasteiger partial charge >= 0.3 is 11.9 Å². The minimum atomic E-state index is -0.821. The summed E-state index contributed by atoms with van der Waals surface area (Å²) in [6.45, 7) is 6.16. The van der Waals surface area contributed by atoms with Crippen molar-refractivity contribution in [3.05, 3.63) is 60.8 Å². The summed E-state index contributed by atoms with van der Waals surface area (Å²) in [6.07, 6.45) is 33.1. The van der Waals surface area contributed by atoms with E-state index in [-0.39, 0.29) is 25.6 Å². The summed E-state index contributed by atoms with van der Waals surface area (Å²) >= 11 is 0. The van der Waals surface area contributed by atoms with Gasteiger partial charge in [0, 0.05) is 12.8 Å². The number of carbonyl (C=O) groups is 2. The molecule has 0 fully saturated rings. The van der Waals surface area contributed by atoms with Crippen LogP contribution in [0.15, 0.2) is 60.8 Å². The second kappa shape index (κ2) is 30.0. The zero-order valence-electron chi connectivity index (χ0n) is 26.8. The molecular formula is C36H60O6. The normalized spacial score (nSPS) is 14.5. The predicted octanol–water partition coefficient (Wildman–Crippen LogP) is 8.49. The van der Waals surface area contributed by atoms with E-state index in [0.29, 0.717) is 19.3 Å². The second-order valence-corrected chi connectivity index (χ2v) is 11.0. The molecule has 0 bridgehead atoms. The summed E-state index contributed by atoms with van der Waals surface area (Å²) < 4.78 is 10.5. The first-order valence-electron chi connectivity index (χ1n) is 16.3. The van der Waals surface area contributed by atoms with Gasteiger partial charge in [-0.15, -0.1) is 0 Å². The SMILES string of the molecule is CC/C=C\C/C=C\CC(O)/C=C/C=C\C/C=C\CCCC(=O)O[C@@H](CO)COC(=O)CCCCCCCCC(C)CC. The third kappa shape index (κ3) is 27.7. The van der Waals surface area contributed by atoms with Crippen LogP contribution in [0.1, 0.15) is 124 Å². The van der Waals surface area contributed by atoms with E-state index in [1.165, 1.54) is 32.1 Å². The molecule has 0 aromatic heterocycles. The average Bonchev–Trinajstić information content (AvgIpc) is 2.98. The fourth-order valence-corrected chi connectivity index (χ4v) is 4.06. The molecule has 2 unspecified atom stereocenters. The first-order valence-corrected chi connectivity index (χ1v) is 16.3. The van der Waals surface area contributed by atoms with Crippen LogP contribution >= 0.6 is 0 Å². The summed E-state index contributed by atoms with van der Waals surface area (Å²) in [5.74, 6) is 0.104. The van der Waals surface area contributed by atoms with Crippen LogP contribution in [0.2, 0.25) is 0 Å². The number of carbonyl (C=O) groups excluding carboxylic acids is 2. The molecule has 0 aliphatic heterocycles. The molecule has 0 rings (SSSR count). The number of unbranched alkanes of at least 4 members (excludes halogenated alkanes) is 6. The molecule has 6 nitrogen and oxygen atoms in total. The van der Waals surface area contributed by atoms with Gasteiger partial charge in [-0.1, -0.05) is 126 Å². The minimum absolute atomic E-state index is 0.109. The van der Waals surface area contributed by atoms with Gasteiger partial charge in [-0.05, 0) is 50.9 Å². The van der Waals surface area contributed by atoms with Gasteiger partial charge in [0.15, 0.2) is 6.10 Å². The van der Waals surface area contributed by atoms with Crippen LogP contribution in [0.5, 0.6) is 0 Å². The summed E-state index contributed by atoms with van der Waals surface area (Å²) in [7, 11) is 0. The molecule has 2 N–H and O–H groups in total. The summed E-state index contributed by atoms with van der Waals surface area (Å²) in [5.41, 5.74) is 0. The maximum Gasteiger partial charge on any atom is 0.306 e. The Hall–Kier alpha value is -2.44. The number of esters is 2. The van der Waals surface area contributed by atoms with Crippen molar-refractivity contribution in [2.24, 2.45) is 5.92 Å². The van der Waals surface area contributed by atoms with E-state index in [9.17, 15) is 19.8 Å². The quantitative estimate of drug-likeness (QED) is 0.0433. The molecule has 3 atom stereocenters. The van der Waals surface area contributed by atoms with Crippen molar-refractivity contribution in [3.8, 4) is 0 Å². The number of allylic oxidation sites excluding steroid dienone is 8. The van der Waals surface area contributed by atoms with Crippen molar-refractivity contribution in [1.82, 2.24) is 0 Å². The molecule has 240 valence electrons. The largest absolute Gasteiger partial charge is 0.462 e. The van der Waals surface area contributed by atoms with Crippen molar-refractivity contribution in [2.75, 3.05) is 13.2 Å². The molecule has 0 radical (unpaired) electrons. The Kier molecular flexibility index (Phi) is 28.3. The van der Waals surface area contributed by atoms with Crippen molar-refractivity contribution in [1.29, 1.82) is 0 Å². The Morgan fingerprint density at radius 3 is 2.17 bits per heavy atom. The second-order valence-electron chi connectivity index (χ2n) is 11.0. The lowest BCUT2D eigenvalue weighted by Crippen LogP contribution is -2.28. The molecule has 0 aromatic rings. The average molecular weight is 589 g/mol. The smallest absolute Gasteiger partial charge is 0.306 e. The number of aliphatic hydroxyl groups is 2. The van der Waals surface area contributed by atoms with Gasteiger partial charge in [0.25, 0.3) is 0 Å². The van der Waals surface area contributed by atoms with Crippen LogP contribution in [0, 0.1) is 5.92 Å². The van der Waals surface area contributed by atoms with Gasteiger partial charge in [0.2, 0.25) is 0 Å². The first kappa shape index (κ1) is 39.6. The van der Waals surface area contributed by atoms with E-state index in [2.05, 4.69) is 39.0 Å². The van der Waals surface area contributed by atoms with Crippen LogP contribution in [0.3, 0.4) is 0 Å². The molecule has 42 heavy (non-hydrogen) atoms. The first-order chi connectivity index (χ1) is 20.4. The molecule has 0 amide bonds. The summed E-state index contributed by atoms with van der Waals surface area (Å²) in [5, 5.41) is 19.4. The number of aliphatic hydroxyl groups excluding tert-OH is 2. The Morgan fingerprint density at radius 2 is 1.43 bits per heavy atom. The van der Waals surface area contributed by atoms with Gasteiger partial charge in [-0.2, -0.15) is 0 Å². The Morgan fingerprint density at radius 1 is 0.762 bits per heavy atom. The van der Waals surface area contributed by atoms with E-state index >= 15 is 0 Å². The van der Waals surface area contributed by atoms with Crippen LogP contribution < -0.4 is 0 Å². The fourth-order valence-electron chi connectivity index (χ4n) is 4.06. The highest BCUT2D eigenvalue weighted by Crippen LogP contribution is 2.14. The highest BCUT2D eigenvalue weighted by Gasteiger charge is 2.15. The van der Waals surface area contributed by atoms with Crippen molar-refractivity contribution in [3.63, 3.8) is 0 Å². The lowest BCUT2D eigenvalue weighted by Gasteiger charge is -2.15. The molecule has 0 spiro atoms. The highest BCUT2D eigenvalue weighted by molar-refractivity contribution is 5.70. The summed E-state index contributed by atoms with van der Waals surface area (Å²) in [4.78, 5) is 24.0. The van der Waals surface area contributed by atoms with Crippen LogP contribution in [0.25, 0.3) is 0 Å². The molecule has 0 aliphatic rings. The lowest BCUT2D eigenvalue weighted by atomic mass is 10.00. The van der Waals surface area contributed by atoms with E-state index in [4.69, 9.17) is 9.47 Å². The number of ether oxygens (including phenoxy) is 2. The zero-order valence-corrected chi connectivity index (χ0v) is 26.8.